The van der Waals surface area contributed by atoms with Crippen LogP contribution in [0.25, 0.3) is 0 Å². The van der Waals surface area contributed by atoms with Crippen LogP contribution in [0.5, 0.6) is 0 Å². The second kappa shape index (κ2) is 16.6. The summed E-state index contributed by atoms with van der Waals surface area (Å²) in [6.07, 6.45) is -0.762. The molecular weight excluding hydrogens is 764 g/mol. The minimum Gasteiger partial charge on any atom is -0.458 e. The molecule has 59 heavy (non-hydrogen) atoms. The van der Waals surface area contributed by atoms with Gasteiger partial charge in [-0.3, -0.25) is 9.59 Å². The summed E-state index contributed by atoms with van der Waals surface area (Å²) >= 11 is 0. The van der Waals surface area contributed by atoms with E-state index in [4.69, 9.17) is 42.6 Å². The standard InChI is InChI=1S/C45H70O14/c1-12-22(3)39(49)56-36-37-42(8)17-15-28(55-31-21-30(51-10)34(26(7)53-31)57-41-33(48)35(52-11)32(47)25(6)54-41)20-27(42)14-18-44(37)45(59-44)19-16-29(24(5)46)43(45,9)38(36)58-40(50)23(4)13-2/h13,22,25-38,41,47-48H,12,14-21H2,1-11H3/b23-13+/t22-,25+,26+,27-,28-,29-,30+,31-,32+,33+,34+,35+,36-,37+,38+,41-,42-,43-,44-,45+/m0/s1. The van der Waals surface area contributed by atoms with Gasteiger partial charge in [0, 0.05) is 43.5 Å². The van der Waals surface area contributed by atoms with Crippen molar-refractivity contribution in [1.29, 1.82) is 0 Å². The van der Waals surface area contributed by atoms with Gasteiger partial charge in [-0.25, -0.2) is 4.79 Å². The van der Waals surface area contributed by atoms with Crippen molar-refractivity contribution in [3.05, 3.63) is 11.6 Å². The van der Waals surface area contributed by atoms with Crippen LogP contribution in [-0.2, 0) is 57.0 Å². The second-order valence-corrected chi connectivity index (χ2v) is 19.3. The van der Waals surface area contributed by atoms with E-state index in [1.807, 2.05) is 27.7 Å². The lowest BCUT2D eigenvalue weighted by molar-refractivity contribution is -0.343. The number of fused-ring (bicyclic) bond motifs is 2. The lowest BCUT2D eigenvalue weighted by atomic mass is 9.43. The number of ether oxygens (including phenoxy) is 9. The van der Waals surface area contributed by atoms with Crippen LogP contribution in [0.15, 0.2) is 11.6 Å². The number of Topliss-reactive ketones (excluding diaryl/α,β-unsaturated/α-hetero) is 1. The van der Waals surface area contributed by atoms with Gasteiger partial charge in [-0.1, -0.05) is 33.8 Å². The number of esters is 2. The predicted octanol–water partition coefficient (Wildman–Crippen LogP) is 4.97. The van der Waals surface area contributed by atoms with Crippen LogP contribution in [-0.4, -0.2) is 127 Å². The van der Waals surface area contributed by atoms with E-state index in [-0.39, 0.29) is 41.0 Å². The number of aliphatic hydroxyl groups is 2. The van der Waals surface area contributed by atoms with Crippen LogP contribution in [0.4, 0.5) is 0 Å². The Bertz CT molecular complexity index is 1620. The van der Waals surface area contributed by atoms with Crippen LogP contribution in [0.1, 0.15) is 120 Å². The Morgan fingerprint density at radius 1 is 0.864 bits per heavy atom. The fraction of sp³-hybridized carbons (Fsp3) is 0.889. The number of ketones is 1. The molecule has 7 rings (SSSR count). The van der Waals surface area contributed by atoms with Crippen molar-refractivity contribution >= 4 is 17.7 Å². The van der Waals surface area contributed by atoms with E-state index < -0.39 is 96.0 Å². The number of carbonyl (C=O) groups is 3. The highest BCUT2D eigenvalue weighted by Gasteiger charge is 2.91. The number of epoxide rings is 1. The first kappa shape index (κ1) is 45.0. The predicted molar refractivity (Wildman–Crippen MR) is 212 cm³/mol. The SMILES string of the molecule is C/C=C(\C)C(=O)O[C@@H]1[C@@H](OC(=O)[C@@H](C)CC)[C@@H]2[C@@]3(C)CC[C@H](O[C@H]4C[C@@H](OC)[C@H](O[C@@H]5O[C@H](C)[C@@H](O)[C@@H](OC)[C@H]5O)[C@@H](C)O4)C[C@@H]3CC[C@]23O[C@@]32CC[C@@H](C(C)=O)[C@@]12C. The highest BCUT2D eigenvalue weighted by atomic mass is 16.7. The van der Waals surface area contributed by atoms with Crippen molar-refractivity contribution in [3.8, 4) is 0 Å². The van der Waals surface area contributed by atoms with Crippen LogP contribution >= 0.6 is 0 Å². The zero-order valence-electron chi connectivity index (χ0n) is 37.0. The minimum absolute atomic E-state index is 0.0313. The Labute approximate surface area is 349 Å². The van der Waals surface area contributed by atoms with Crippen molar-refractivity contribution < 1.29 is 67.2 Å². The normalized spacial score (nSPS) is 49.7. The van der Waals surface area contributed by atoms with Gasteiger partial charge in [0.1, 0.15) is 53.6 Å². The Hall–Kier alpha value is -2.01. The highest BCUT2D eigenvalue weighted by Crippen LogP contribution is 2.81. The fourth-order valence-corrected chi connectivity index (χ4v) is 12.9. The summed E-state index contributed by atoms with van der Waals surface area (Å²) in [5.41, 5.74) is -2.10. The molecule has 4 saturated carbocycles. The maximum atomic E-state index is 13.9. The van der Waals surface area contributed by atoms with E-state index in [1.54, 1.807) is 40.9 Å². The molecule has 14 heteroatoms. The Morgan fingerprint density at radius 3 is 2.24 bits per heavy atom. The van der Waals surface area contributed by atoms with Crippen molar-refractivity contribution in [1.82, 2.24) is 0 Å². The minimum atomic E-state index is -1.22. The number of aliphatic hydroxyl groups excluding tert-OH is 2. The summed E-state index contributed by atoms with van der Waals surface area (Å²) in [6, 6.07) is 0. The molecule has 0 bridgehead atoms. The third kappa shape index (κ3) is 7.06. The average Bonchev–Trinajstić information content (AvgIpc) is 3.75. The van der Waals surface area contributed by atoms with E-state index in [9.17, 15) is 24.6 Å². The van der Waals surface area contributed by atoms with Crippen LogP contribution in [0.3, 0.4) is 0 Å². The molecule has 14 nitrogen and oxygen atoms in total. The monoisotopic (exact) mass is 834 g/mol. The van der Waals surface area contributed by atoms with Gasteiger partial charge in [0.15, 0.2) is 12.6 Å². The lowest BCUT2D eigenvalue weighted by Gasteiger charge is -2.61. The fourth-order valence-electron chi connectivity index (χ4n) is 12.9. The van der Waals surface area contributed by atoms with Crippen LogP contribution in [0, 0.1) is 34.5 Å². The van der Waals surface area contributed by atoms with E-state index in [0.29, 0.717) is 31.3 Å². The van der Waals surface area contributed by atoms with Gasteiger partial charge in [-0.05, 0) is 97.3 Å². The first-order chi connectivity index (χ1) is 27.9. The lowest BCUT2D eigenvalue weighted by Crippen LogP contribution is -2.71. The highest BCUT2D eigenvalue weighted by molar-refractivity contribution is 5.88. The quantitative estimate of drug-likeness (QED) is 0.117. The van der Waals surface area contributed by atoms with E-state index >= 15 is 0 Å². The van der Waals surface area contributed by atoms with Gasteiger partial charge in [0.2, 0.25) is 0 Å². The maximum Gasteiger partial charge on any atom is 0.333 e. The maximum absolute atomic E-state index is 13.9. The molecular formula is C45H70O14. The second-order valence-electron chi connectivity index (χ2n) is 19.3. The summed E-state index contributed by atoms with van der Waals surface area (Å²) < 4.78 is 57.1. The first-order valence-electron chi connectivity index (χ1n) is 22.2. The third-order valence-electron chi connectivity index (χ3n) is 16.5. The number of methoxy groups -OCH3 is 2. The third-order valence-corrected chi connectivity index (χ3v) is 16.5. The van der Waals surface area contributed by atoms with Gasteiger partial charge < -0.3 is 52.8 Å². The van der Waals surface area contributed by atoms with Crippen LogP contribution in [0.2, 0.25) is 0 Å². The molecule has 2 spiro atoms. The molecule has 20 atom stereocenters. The van der Waals surface area contributed by atoms with Crippen molar-refractivity contribution in [3.63, 3.8) is 0 Å². The smallest absolute Gasteiger partial charge is 0.333 e. The Kier molecular flexibility index (Phi) is 12.7. The van der Waals surface area contributed by atoms with E-state index in [0.717, 1.165) is 32.1 Å². The first-order valence-corrected chi connectivity index (χ1v) is 22.2. The van der Waals surface area contributed by atoms with E-state index in [1.165, 1.54) is 7.11 Å². The van der Waals surface area contributed by atoms with Gasteiger partial charge in [0.05, 0.1) is 30.3 Å². The number of carbonyl (C=O) groups excluding carboxylic acids is 3. The Morgan fingerprint density at radius 2 is 1.59 bits per heavy atom. The van der Waals surface area contributed by atoms with Crippen molar-refractivity contribution in [2.24, 2.45) is 34.5 Å². The molecule has 0 unspecified atom stereocenters. The molecule has 0 amide bonds. The molecule has 4 aliphatic carbocycles. The van der Waals surface area contributed by atoms with Gasteiger partial charge in [-0.2, -0.15) is 0 Å². The van der Waals surface area contributed by atoms with E-state index in [2.05, 4.69) is 6.92 Å². The summed E-state index contributed by atoms with van der Waals surface area (Å²) in [5, 5.41) is 21.4. The Balaban J connectivity index is 1.12. The molecule has 0 aromatic carbocycles. The average molecular weight is 835 g/mol. The molecule has 3 saturated heterocycles. The molecule has 334 valence electrons. The summed E-state index contributed by atoms with van der Waals surface area (Å²) in [6.45, 7) is 16.9. The summed E-state index contributed by atoms with van der Waals surface area (Å²) in [5.74, 6) is -1.65. The zero-order valence-corrected chi connectivity index (χ0v) is 37.0. The zero-order chi connectivity index (χ0) is 43.0. The molecule has 7 fully saturated rings. The number of allylic oxidation sites excluding steroid dienone is 1. The molecule has 3 aliphatic heterocycles. The molecule has 0 aromatic rings. The molecule has 0 aromatic heterocycles. The van der Waals surface area contributed by atoms with Gasteiger partial charge >= 0.3 is 11.9 Å². The molecule has 2 N–H and O–H groups in total. The largest absolute Gasteiger partial charge is 0.458 e. The van der Waals surface area contributed by atoms with Crippen molar-refractivity contribution in [2.75, 3.05) is 14.2 Å². The summed E-state index contributed by atoms with van der Waals surface area (Å²) in [7, 11) is 3.04. The molecule has 7 aliphatic rings. The van der Waals surface area contributed by atoms with Gasteiger partial charge in [-0.15, -0.1) is 0 Å². The number of rotatable bonds is 12. The van der Waals surface area contributed by atoms with Crippen LogP contribution < -0.4 is 0 Å². The van der Waals surface area contributed by atoms with Gasteiger partial charge in [0.25, 0.3) is 0 Å². The number of hydrogen-bond acceptors (Lipinski definition) is 14. The topological polar surface area (TPSA) is 178 Å². The number of hydrogen-bond donors (Lipinski definition) is 2. The molecule has 0 radical (unpaired) electrons. The molecule has 3 heterocycles. The summed E-state index contributed by atoms with van der Waals surface area (Å²) in [4.78, 5) is 41.1. The van der Waals surface area contributed by atoms with Crippen molar-refractivity contribution in [2.45, 2.75) is 205 Å².